The van der Waals surface area contributed by atoms with Gasteiger partial charge < -0.3 is 26.0 Å². The van der Waals surface area contributed by atoms with Crippen LogP contribution in [-0.4, -0.2) is 96.1 Å². The number of aliphatic hydroxyl groups is 2. The van der Waals surface area contributed by atoms with E-state index in [2.05, 4.69) is 0 Å². The van der Waals surface area contributed by atoms with E-state index in [1.54, 1.807) is 19.0 Å². The number of carbonyl (C=O) groups excluding carboxylic acids is 3. The Morgan fingerprint density at radius 1 is 1.15 bits per heavy atom. The summed E-state index contributed by atoms with van der Waals surface area (Å²) in [5.74, 6) is -5.85. The average Bonchev–Trinajstić information content (AvgIpc) is 2.84. The third-order valence-corrected chi connectivity index (χ3v) is 8.95. The molecule has 0 bridgehead atoms. The van der Waals surface area contributed by atoms with Crippen LogP contribution in [0, 0.1) is 17.8 Å². The number of fused-ring (bicyclic) bond motifs is 3. The molecular formula is C29H37FN4O6. The number of benzene rings is 1. The van der Waals surface area contributed by atoms with Crippen LogP contribution < -0.4 is 10.6 Å². The number of ketones is 2. The van der Waals surface area contributed by atoms with Gasteiger partial charge in [-0.1, -0.05) is 0 Å². The highest BCUT2D eigenvalue weighted by molar-refractivity contribution is 6.22. The number of aliphatic hydroxyl groups excluding tert-OH is 2. The molecule has 3 aliphatic carbocycles. The number of nitrogens with zero attached hydrogens (tertiary/aromatic N) is 3. The SMILES string of the molecule is CN(C)c1cc(CN2CCCC(F)C2)c(O)c2c1CC1CC3C(C(=O)C(C(N)=O)=C(O)[C@H]3N(C)C)C(O)=C1C2=O. The molecule has 1 saturated heterocycles. The minimum Gasteiger partial charge on any atom is -0.511 e. The summed E-state index contributed by atoms with van der Waals surface area (Å²) < 4.78 is 14.1. The molecule has 5 atom stereocenters. The zero-order valence-corrected chi connectivity index (χ0v) is 23.3. The van der Waals surface area contributed by atoms with Crippen molar-refractivity contribution in [3.05, 3.63) is 45.4 Å². The number of primary amides is 1. The number of rotatable bonds is 5. The summed E-state index contributed by atoms with van der Waals surface area (Å²) in [5.41, 5.74) is 6.86. The molecule has 0 saturated carbocycles. The third-order valence-electron chi connectivity index (χ3n) is 8.95. The maximum absolute atomic E-state index is 14.1. The first-order valence-electron chi connectivity index (χ1n) is 13.7. The van der Waals surface area contributed by atoms with E-state index >= 15 is 0 Å². The van der Waals surface area contributed by atoms with E-state index in [0.29, 0.717) is 43.4 Å². The second-order valence-electron chi connectivity index (χ2n) is 11.9. The molecule has 40 heavy (non-hydrogen) atoms. The Balaban J connectivity index is 1.62. The number of hydrogen-bond donors (Lipinski definition) is 4. The normalized spacial score (nSPS) is 28.9. The van der Waals surface area contributed by atoms with Gasteiger partial charge in [-0.2, -0.15) is 0 Å². The lowest BCUT2D eigenvalue weighted by atomic mass is 9.60. The van der Waals surface area contributed by atoms with Gasteiger partial charge >= 0.3 is 0 Å². The molecule has 1 aromatic rings. The Hall–Kier alpha value is -3.44. The van der Waals surface area contributed by atoms with Crippen LogP contribution in [0.5, 0.6) is 5.75 Å². The Morgan fingerprint density at radius 2 is 1.85 bits per heavy atom. The standard InChI is InChI=1S/C29H37FN4O6/c1-32(2)18-10-14(11-34-7-5-6-15(30)12-34)24(35)20-16(18)8-13-9-17-21(26(37)19(13)25(20)36)27(38)22(29(31)40)28(39)23(17)33(3)4/h10,13,15,17,21,23,35,37,39H,5-9,11-12H2,1-4H3,(H2,31,40)/t13?,15?,17?,21?,23-/m0/s1. The van der Waals surface area contributed by atoms with Gasteiger partial charge in [0.2, 0.25) is 0 Å². The quantitative estimate of drug-likeness (QED) is 0.400. The number of nitrogens with two attached hydrogens (primary N) is 1. The van der Waals surface area contributed by atoms with Gasteiger partial charge in [-0.3, -0.25) is 24.2 Å². The van der Waals surface area contributed by atoms with E-state index < -0.39 is 64.5 Å². The number of likely N-dealkylation sites (tertiary alicyclic amines) is 1. The van der Waals surface area contributed by atoms with Crippen LogP contribution >= 0.6 is 0 Å². The number of alkyl halides is 1. The second-order valence-corrected chi connectivity index (χ2v) is 11.9. The summed E-state index contributed by atoms with van der Waals surface area (Å²) in [7, 11) is 7.08. The molecule has 5 N–H and O–H groups in total. The van der Waals surface area contributed by atoms with Crippen molar-refractivity contribution < 1.29 is 34.1 Å². The highest BCUT2D eigenvalue weighted by atomic mass is 19.1. The smallest absolute Gasteiger partial charge is 0.255 e. The number of aromatic hydroxyl groups is 1. The van der Waals surface area contributed by atoms with Crippen LogP contribution in [0.15, 0.2) is 28.7 Å². The van der Waals surface area contributed by atoms with Crippen LogP contribution in [0.2, 0.25) is 0 Å². The molecule has 0 aromatic heterocycles. The molecule has 1 heterocycles. The van der Waals surface area contributed by atoms with Gasteiger partial charge in [-0.25, -0.2) is 4.39 Å². The van der Waals surface area contributed by atoms with Gasteiger partial charge in [0.1, 0.15) is 29.0 Å². The lowest BCUT2D eigenvalue weighted by Crippen LogP contribution is -2.53. The summed E-state index contributed by atoms with van der Waals surface area (Å²) in [6.45, 7) is 1.19. The molecule has 1 aliphatic heterocycles. The molecule has 11 heteroatoms. The lowest BCUT2D eigenvalue weighted by Gasteiger charge is -2.46. The molecule has 1 amide bonds. The topological polar surface area (TPSA) is 148 Å². The first-order valence-corrected chi connectivity index (χ1v) is 13.7. The van der Waals surface area contributed by atoms with E-state index in [1.807, 2.05) is 30.0 Å². The molecule has 216 valence electrons. The zero-order chi connectivity index (χ0) is 29.2. The predicted octanol–water partition coefficient (Wildman–Crippen LogP) is 2.01. The fraction of sp³-hybridized carbons (Fsp3) is 0.552. The van der Waals surface area contributed by atoms with Crippen molar-refractivity contribution in [2.24, 2.45) is 23.5 Å². The molecule has 10 nitrogen and oxygen atoms in total. The summed E-state index contributed by atoms with van der Waals surface area (Å²) in [6, 6.07) is 1.07. The fourth-order valence-corrected chi connectivity index (χ4v) is 7.27. The van der Waals surface area contributed by atoms with Crippen LogP contribution in [0.4, 0.5) is 10.1 Å². The minimum atomic E-state index is -1.23. The number of carbonyl (C=O) groups is 3. The monoisotopic (exact) mass is 556 g/mol. The summed E-state index contributed by atoms with van der Waals surface area (Å²) in [5, 5.41) is 33.8. The Bertz CT molecular complexity index is 1350. The minimum absolute atomic E-state index is 0.0452. The average molecular weight is 557 g/mol. The van der Waals surface area contributed by atoms with E-state index in [1.165, 1.54) is 0 Å². The van der Waals surface area contributed by atoms with Crippen LogP contribution in [0.1, 0.15) is 40.7 Å². The van der Waals surface area contributed by atoms with Gasteiger partial charge in [-0.15, -0.1) is 0 Å². The first kappa shape index (κ1) is 28.1. The number of anilines is 1. The maximum Gasteiger partial charge on any atom is 0.255 e. The van der Waals surface area contributed by atoms with Crippen molar-refractivity contribution in [1.29, 1.82) is 0 Å². The van der Waals surface area contributed by atoms with Crippen molar-refractivity contribution >= 4 is 23.2 Å². The van der Waals surface area contributed by atoms with Crippen LogP contribution in [0.3, 0.4) is 0 Å². The molecular weight excluding hydrogens is 519 g/mol. The van der Waals surface area contributed by atoms with Crippen LogP contribution in [0.25, 0.3) is 0 Å². The number of phenolic OH excluding ortho intramolecular Hbond substituents is 1. The Kier molecular flexibility index (Phi) is 7.16. The van der Waals surface area contributed by atoms with Crippen molar-refractivity contribution in [2.45, 2.75) is 44.4 Å². The highest BCUT2D eigenvalue weighted by Crippen LogP contribution is 2.52. The van der Waals surface area contributed by atoms with Gasteiger partial charge in [0.05, 0.1) is 17.5 Å². The van der Waals surface area contributed by atoms with Gasteiger partial charge in [-0.05, 0) is 69.8 Å². The number of Topliss-reactive ketones (excluding diaryl/α,β-unsaturated/α-hetero) is 2. The summed E-state index contributed by atoms with van der Waals surface area (Å²) >= 11 is 0. The second kappa shape index (κ2) is 10.2. The number of amides is 1. The molecule has 0 spiro atoms. The molecule has 1 aromatic carbocycles. The molecule has 1 fully saturated rings. The number of hydrogen-bond acceptors (Lipinski definition) is 9. The molecule has 5 rings (SSSR count). The van der Waals surface area contributed by atoms with Gasteiger partial charge in [0, 0.05) is 44.0 Å². The van der Waals surface area contributed by atoms with Gasteiger partial charge in [0.25, 0.3) is 5.91 Å². The maximum atomic E-state index is 14.1. The molecule has 4 aliphatic rings. The highest BCUT2D eigenvalue weighted by Gasteiger charge is 2.54. The van der Waals surface area contributed by atoms with E-state index in [9.17, 15) is 34.1 Å². The molecule has 4 unspecified atom stereocenters. The number of allylic oxidation sites excluding steroid dienone is 2. The first-order chi connectivity index (χ1) is 18.8. The third kappa shape index (κ3) is 4.35. The number of piperidine rings is 1. The van der Waals surface area contributed by atoms with E-state index in [0.717, 1.165) is 5.69 Å². The summed E-state index contributed by atoms with van der Waals surface area (Å²) in [6.07, 6.45) is 0.878. The van der Waals surface area contributed by atoms with Crippen molar-refractivity contribution in [3.8, 4) is 5.75 Å². The summed E-state index contributed by atoms with van der Waals surface area (Å²) in [4.78, 5) is 45.1. The predicted molar refractivity (Wildman–Crippen MR) is 146 cm³/mol. The largest absolute Gasteiger partial charge is 0.511 e. The number of halogens is 1. The number of phenols is 1. The van der Waals surface area contributed by atoms with E-state index in [-0.39, 0.29) is 30.0 Å². The number of likely N-dealkylation sites (N-methyl/N-ethyl adjacent to an activating group) is 1. The molecule has 0 radical (unpaired) electrons. The van der Waals surface area contributed by atoms with Crippen LogP contribution in [-0.2, 0) is 22.6 Å². The lowest BCUT2D eigenvalue weighted by molar-refractivity contribution is -0.127. The Morgan fingerprint density at radius 3 is 2.45 bits per heavy atom. The fourth-order valence-electron chi connectivity index (χ4n) is 7.27. The van der Waals surface area contributed by atoms with Gasteiger partial charge in [0.15, 0.2) is 11.6 Å². The van der Waals surface area contributed by atoms with Crippen molar-refractivity contribution in [1.82, 2.24) is 9.80 Å². The zero-order valence-electron chi connectivity index (χ0n) is 23.3. The van der Waals surface area contributed by atoms with E-state index in [4.69, 9.17) is 5.73 Å². The van der Waals surface area contributed by atoms with Crippen molar-refractivity contribution in [3.63, 3.8) is 0 Å². The van der Waals surface area contributed by atoms with Crippen molar-refractivity contribution in [2.75, 3.05) is 46.2 Å². The Labute approximate surface area is 232 Å².